The summed E-state index contributed by atoms with van der Waals surface area (Å²) in [5.74, 6) is 0.816. The molecule has 0 saturated heterocycles. The van der Waals surface area contributed by atoms with E-state index in [0.29, 0.717) is 12.1 Å². The van der Waals surface area contributed by atoms with Gasteiger partial charge in [0, 0.05) is 5.69 Å². The third kappa shape index (κ3) is 3.31. The summed E-state index contributed by atoms with van der Waals surface area (Å²) in [4.78, 5) is 15.6. The number of amides is 1. The van der Waals surface area contributed by atoms with Gasteiger partial charge in [0.1, 0.15) is 11.4 Å². The topological polar surface area (TPSA) is 45.5 Å². The van der Waals surface area contributed by atoms with Gasteiger partial charge in [0.15, 0.2) is 0 Å². The van der Waals surface area contributed by atoms with Crippen molar-refractivity contribution < 1.29 is 9.21 Å². The maximum atomic E-state index is 13.6. The van der Waals surface area contributed by atoms with Crippen molar-refractivity contribution in [2.75, 3.05) is 5.32 Å². The molecule has 0 radical (unpaired) electrons. The van der Waals surface area contributed by atoms with Gasteiger partial charge in [-0.05, 0) is 42.7 Å². The molecule has 1 aliphatic heterocycles. The van der Waals surface area contributed by atoms with Gasteiger partial charge >= 0.3 is 0 Å². The molecule has 1 N–H and O–H groups in total. The molecule has 0 spiro atoms. The summed E-state index contributed by atoms with van der Waals surface area (Å²) >= 11 is 0. The number of fused-ring (bicyclic) bond motifs is 1. The van der Waals surface area contributed by atoms with Crippen LogP contribution in [0, 0.1) is 0 Å². The average Bonchev–Trinajstić information content (AvgIpc) is 3.25. The minimum absolute atomic E-state index is 0.0334. The zero-order chi connectivity index (χ0) is 19.4. The zero-order valence-electron chi connectivity index (χ0n) is 16.2. The number of furan rings is 1. The standard InChI is InChI=1S/C24H26N2O2/c1-2-3-9-16-24(19-11-5-4-6-12-19)25-22-15-8-7-14-21(22)23(27)26(24)18-20-13-10-17-28-20/h4-8,10-15,17,25H,2-3,9,16,18H2,1H3. The fourth-order valence-electron chi connectivity index (χ4n) is 4.07. The number of benzene rings is 2. The summed E-state index contributed by atoms with van der Waals surface area (Å²) in [5, 5.41) is 3.74. The van der Waals surface area contributed by atoms with E-state index < -0.39 is 5.66 Å². The molecule has 28 heavy (non-hydrogen) atoms. The molecule has 1 amide bonds. The van der Waals surface area contributed by atoms with Crippen LogP contribution in [0.3, 0.4) is 0 Å². The van der Waals surface area contributed by atoms with Gasteiger partial charge in [0.2, 0.25) is 0 Å². The Morgan fingerprint density at radius 2 is 1.75 bits per heavy atom. The highest BCUT2D eigenvalue weighted by atomic mass is 16.3. The number of hydrogen-bond donors (Lipinski definition) is 1. The van der Waals surface area contributed by atoms with Gasteiger partial charge in [-0.1, -0.05) is 62.2 Å². The highest BCUT2D eigenvalue weighted by Crippen LogP contribution is 2.42. The first-order chi connectivity index (χ1) is 13.7. The summed E-state index contributed by atoms with van der Waals surface area (Å²) in [6.45, 7) is 2.62. The van der Waals surface area contributed by atoms with E-state index in [1.165, 1.54) is 0 Å². The molecule has 2 heterocycles. The Kier molecular flexibility index (Phi) is 5.20. The lowest BCUT2D eigenvalue weighted by molar-refractivity contribution is 0.0410. The van der Waals surface area contributed by atoms with Crippen molar-refractivity contribution >= 4 is 11.6 Å². The SMILES string of the molecule is CCCCCC1(c2ccccc2)Nc2ccccc2C(=O)N1Cc1ccco1. The predicted molar refractivity (Wildman–Crippen MR) is 111 cm³/mol. The smallest absolute Gasteiger partial charge is 0.258 e. The van der Waals surface area contributed by atoms with Crippen LogP contribution >= 0.6 is 0 Å². The molecule has 0 bridgehead atoms. The lowest BCUT2D eigenvalue weighted by Crippen LogP contribution is -2.57. The summed E-state index contributed by atoms with van der Waals surface area (Å²) in [7, 11) is 0. The molecular formula is C24H26N2O2. The number of carbonyl (C=O) groups is 1. The number of carbonyl (C=O) groups excluding carboxylic acids is 1. The van der Waals surface area contributed by atoms with Crippen molar-refractivity contribution in [3.8, 4) is 0 Å². The average molecular weight is 374 g/mol. The third-order valence-corrected chi connectivity index (χ3v) is 5.49. The Bertz CT molecular complexity index is 921. The molecule has 1 atom stereocenters. The fourth-order valence-corrected chi connectivity index (χ4v) is 4.07. The van der Waals surface area contributed by atoms with Gasteiger partial charge in [-0.2, -0.15) is 0 Å². The van der Waals surface area contributed by atoms with E-state index in [9.17, 15) is 4.79 Å². The first kappa shape index (κ1) is 18.4. The molecule has 1 unspecified atom stereocenters. The van der Waals surface area contributed by atoms with Gasteiger partial charge in [0.25, 0.3) is 5.91 Å². The van der Waals surface area contributed by atoms with E-state index >= 15 is 0 Å². The van der Waals surface area contributed by atoms with E-state index in [2.05, 4.69) is 24.4 Å². The molecule has 1 aromatic heterocycles. The maximum Gasteiger partial charge on any atom is 0.258 e. The van der Waals surface area contributed by atoms with Gasteiger partial charge in [-0.3, -0.25) is 4.79 Å². The number of unbranched alkanes of at least 4 members (excludes halogenated alkanes) is 2. The number of hydrogen-bond acceptors (Lipinski definition) is 3. The van der Waals surface area contributed by atoms with E-state index in [1.807, 2.05) is 59.5 Å². The van der Waals surface area contributed by atoms with Crippen LogP contribution in [0.1, 0.15) is 54.3 Å². The first-order valence-corrected chi connectivity index (χ1v) is 10.0. The number of anilines is 1. The lowest BCUT2D eigenvalue weighted by atomic mass is 9.87. The molecule has 144 valence electrons. The summed E-state index contributed by atoms with van der Waals surface area (Å²) in [6.07, 6.45) is 5.79. The number of nitrogens with zero attached hydrogens (tertiary/aromatic N) is 1. The number of rotatable bonds is 7. The van der Waals surface area contributed by atoms with Crippen molar-refractivity contribution in [3.63, 3.8) is 0 Å². The van der Waals surface area contributed by atoms with Gasteiger partial charge in [-0.25, -0.2) is 0 Å². The molecule has 4 rings (SSSR count). The highest BCUT2D eigenvalue weighted by molar-refractivity contribution is 6.02. The number of para-hydroxylation sites is 1. The van der Waals surface area contributed by atoms with Crippen LogP contribution in [-0.4, -0.2) is 10.8 Å². The summed E-state index contributed by atoms with van der Waals surface area (Å²) < 4.78 is 5.61. The van der Waals surface area contributed by atoms with Crippen molar-refractivity contribution in [1.29, 1.82) is 0 Å². The van der Waals surface area contributed by atoms with Crippen LogP contribution in [-0.2, 0) is 12.2 Å². The normalized spacial score (nSPS) is 18.6. The molecule has 0 fully saturated rings. The third-order valence-electron chi connectivity index (χ3n) is 5.49. The minimum atomic E-state index is -0.603. The van der Waals surface area contributed by atoms with Gasteiger partial charge in [0.05, 0.1) is 18.4 Å². The molecule has 1 aliphatic rings. The van der Waals surface area contributed by atoms with E-state index in [0.717, 1.165) is 42.7 Å². The second-order valence-electron chi connectivity index (χ2n) is 7.32. The van der Waals surface area contributed by atoms with Crippen LogP contribution in [0.4, 0.5) is 5.69 Å². The van der Waals surface area contributed by atoms with Crippen molar-refractivity contribution in [1.82, 2.24) is 4.90 Å². The zero-order valence-corrected chi connectivity index (χ0v) is 16.2. The van der Waals surface area contributed by atoms with Crippen LogP contribution < -0.4 is 5.32 Å². The van der Waals surface area contributed by atoms with Crippen LogP contribution in [0.15, 0.2) is 77.4 Å². The van der Waals surface area contributed by atoms with Crippen molar-refractivity contribution in [2.24, 2.45) is 0 Å². The number of nitrogens with one attached hydrogen (secondary N) is 1. The second-order valence-corrected chi connectivity index (χ2v) is 7.32. The maximum absolute atomic E-state index is 13.6. The van der Waals surface area contributed by atoms with Gasteiger partial charge < -0.3 is 14.6 Å². The van der Waals surface area contributed by atoms with Crippen molar-refractivity contribution in [2.45, 2.75) is 44.8 Å². The lowest BCUT2D eigenvalue weighted by Gasteiger charge is -2.49. The van der Waals surface area contributed by atoms with Crippen LogP contribution in [0.5, 0.6) is 0 Å². The highest BCUT2D eigenvalue weighted by Gasteiger charge is 2.45. The monoisotopic (exact) mass is 374 g/mol. The molecule has 4 nitrogen and oxygen atoms in total. The fraction of sp³-hybridized carbons (Fsp3) is 0.292. The summed E-state index contributed by atoms with van der Waals surface area (Å²) in [6, 6.07) is 21.9. The first-order valence-electron chi connectivity index (χ1n) is 10.0. The van der Waals surface area contributed by atoms with Crippen LogP contribution in [0.25, 0.3) is 0 Å². The minimum Gasteiger partial charge on any atom is -0.467 e. The van der Waals surface area contributed by atoms with Gasteiger partial charge in [-0.15, -0.1) is 0 Å². The van der Waals surface area contributed by atoms with E-state index in [1.54, 1.807) is 6.26 Å². The summed E-state index contributed by atoms with van der Waals surface area (Å²) in [5.41, 5.74) is 2.09. The van der Waals surface area contributed by atoms with Crippen LogP contribution in [0.2, 0.25) is 0 Å². The Morgan fingerprint density at radius 1 is 0.964 bits per heavy atom. The molecule has 4 heteroatoms. The Hall–Kier alpha value is -3.01. The Morgan fingerprint density at radius 3 is 2.50 bits per heavy atom. The molecule has 0 aliphatic carbocycles. The Labute approximate surface area is 166 Å². The quantitative estimate of drug-likeness (QED) is 0.533. The molecule has 2 aromatic carbocycles. The second kappa shape index (κ2) is 7.93. The van der Waals surface area contributed by atoms with E-state index in [-0.39, 0.29) is 5.91 Å². The molecule has 0 saturated carbocycles. The van der Waals surface area contributed by atoms with Crippen molar-refractivity contribution in [3.05, 3.63) is 89.9 Å². The largest absolute Gasteiger partial charge is 0.467 e. The predicted octanol–water partition coefficient (Wildman–Crippen LogP) is 5.78. The Balaban J connectivity index is 1.84. The van der Waals surface area contributed by atoms with E-state index in [4.69, 9.17) is 4.42 Å². The molecular weight excluding hydrogens is 348 g/mol. The molecule has 3 aromatic rings.